The highest BCUT2D eigenvalue weighted by atomic mass is 32.2. The van der Waals surface area contributed by atoms with Crippen LogP contribution in [-0.4, -0.2) is 40.2 Å². The highest BCUT2D eigenvalue weighted by Crippen LogP contribution is 2.34. The predicted octanol–water partition coefficient (Wildman–Crippen LogP) is 2.16. The summed E-state index contributed by atoms with van der Waals surface area (Å²) < 4.78 is 4.95. The SMILES string of the molecule is CC(C)OC(=O)CNC(=O)CCSCc1nc2sc3c(c2c(=O)[nH]1)CCC3. The number of thiophene rings is 1. The Morgan fingerprint density at radius 3 is 2.96 bits per heavy atom. The number of aromatic nitrogens is 2. The van der Waals surface area contributed by atoms with Gasteiger partial charge in [-0.3, -0.25) is 14.4 Å². The number of fused-ring (bicyclic) bond motifs is 3. The van der Waals surface area contributed by atoms with Gasteiger partial charge in [0.15, 0.2) is 0 Å². The largest absolute Gasteiger partial charge is 0.462 e. The smallest absolute Gasteiger partial charge is 0.325 e. The van der Waals surface area contributed by atoms with E-state index in [0.29, 0.717) is 23.8 Å². The zero-order valence-corrected chi connectivity index (χ0v) is 17.1. The topological polar surface area (TPSA) is 101 Å². The number of thioether (sulfide) groups is 1. The fourth-order valence-corrected chi connectivity index (χ4v) is 5.10. The maximum atomic E-state index is 12.4. The molecular weight excluding hydrogens is 386 g/mol. The van der Waals surface area contributed by atoms with Crippen molar-refractivity contribution in [3.63, 3.8) is 0 Å². The molecular formula is C18H23N3O4S2. The molecule has 0 aliphatic heterocycles. The van der Waals surface area contributed by atoms with Crippen LogP contribution in [0.3, 0.4) is 0 Å². The Balaban J connectivity index is 1.45. The molecule has 0 aromatic carbocycles. The minimum Gasteiger partial charge on any atom is -0.462 e. The van der Waals surface area contributed by atoms with Gasteiger partial charge in [-0.1, -0.05) is 0 Å². The van der Waals surface area contributed by atoms with Gasteiger partial charge in [0, 0.05) is 17.1 Å². The average Bonchev–Trinajstić information content (AvgIpc) is 3.16. The summed E-state index contributed by atoms with van der Waals surface area (Å²) in [5.41, 5.74) is 1.12. The van der Waals surface area contributed by atoms with E-state index in [-0.39, 0.29) is 24.1 Å². The number of H-pyrrole nitrogens is 1. The number of carbonyl (C=O) groups is 2. The lowest BCUT2D eigenvalue weighted by atomic mass is 10.2. The molecule has 2 heterocycles. The summed E-state index contributed by atoms with van der Waals surface area (Å²) in [5.74, 6) is 1.11. The lowest BCUT2D eigenvalue weighted by molar-refractivity contribution is -0.147. The monoisotopic (exact) mass is 409 g/mol. The summed E-state index contributed by atoms with van der Waals surface area (Å²) in [5, 5.41) is 3.30. The number of hydrogen-bond donors (Lipinski definition) is 2. The van der Waals surface area contributed by atoms with Crippen molar-refractivity contribution in [2.24, 2.45) is 0 Å². The third kappa shape index (κ3) is 5.10. The second kappa shape index (κ2) is 8.88. The fraction of sp³-hybridized carbons (Fsp3) is 0.556. The molecule has 146 valence electrons. The number of ether oxygens (including phenoxy) is 1. The first-order chi connectivity index (χ1) is 12.9. The van der Waals surface area contributed by atoms with E-state index >= 15 is 0 Å². The minimum atomic E-state index is -0.441. The van der Waals surface area contributed by atoms with Crippen LogP contribution in [-0.2, 0) is 32.9 Å². The zero-order chi connectivity index (χ0) is 19.4. The second-order valence-electron chi connectivity index (χ2n) is 6.67. The van der Waals surface area contributed by atoms with Crippen LogP contribution in [0.1, 0.15) is 43.0 Å². The standard InChI is InChI=1S/C18H23N3O4S2/c1-10(2)25-15(23)8-19-14(22)6-7-26-9-13-20-17(24)16-11-4-3-5-12(11)27-18(16)21-13/h10H,3-9H2,1-2H3,(H,19,22)(H,20,21,24). The van der Waals surface area contributed by atoms with Crippen molar-refractivity contribution in [2.75, 3.05) is 12.3 Å². The fourth-order valence-electron chi connectivity index (χ4n) is 3.01. The predicted molar refractivity (Wildman–Crippen MR) is 107 cm³/mol. The number of rotatable bonds is 8. The Morgan fingerprint density at radius 2 is 2.19 bits per heavy atom. The first-order valence-corrected chi connectivity index (χ1v) is 11.0. The van der Waals surface area contributed by atoms with E-state index in [2.05, 4.69) is 15.3 Å². The molecule has 1 amide bonds. The van der Waals surface area contributed by atoms with Crippen LogP contribution in [0.15, 0.2) is 4.79 Å². The number of carbonyl (C=O) groups excluding carboxylic acids is 2. The Morgan fingerprint density at radius 1 is 1.37 bits per heavy atom. The molecule has 0 bridgehead atoms. The Bertz CT molecular complexity index is 904. The van der Waals surface area contributed by atoms with Crippen LogP contribution in [0.2, 0.25) is 0 Å². The molecule has 9 heteroatoms. The van der Waals surface area contributed by atoms with Gasteiger partial charge in [-0.2, -0.15) is 11.8 Å². The van der Waals surface area contributed by atoms with Crippen molar-refractivity contribution in [1.29, 1.82) is 0 Å². The average molecular weight is 410 g/mol. The van der Waals surface area contributed by atoms with Gasteiger partial charge in [-0.05, 0) is 38.7 Å². The van der Waals surface area contributed by atoms with Crippen LogP contribution >= 0.6 is 23.1 Å². The van der Waals surface area contributed by atoms with Gasteiger partial charge < -0.3 is 15.0 Å². The van der Waals surface area contributed by atoms with Crippen molar-refractivity contribution in [2.45, 2.75) is 51.4 Å². The molecule has 0 atom stereocenters. The molecule has 0 unspecified atom stereocenters. The number of nitrogens with one attached hydrogen (secondary N) is 2. The normalized spacial score (nSPS) is 13.1. The molecule has 2 aromatic heterocycles. The van der Waals surface area contributed by atoms with E-state index in [9.17, 15) is 14.4 Å². The summed E-state index contributed by atoms with van der Waals surface area (Å²) in [6.45, 7) is 3.40. The number of aromatic amines is 1. The molecule has 2 N–H and O–H groups in total. The summed E-state index contributed by atoms with van der Waals surface area (Å²) in [7, 11) is 0. The summed E-state index contributed by atoms with van der Waals surface area (Å²) in [6, 6.07) is 0. The molecule has 0 saturated heterocycles. The maximum Gasteiger partial charge on any atom is 0.325 e. The third-order valence-corrected chi connectivity index (χ3v) is 6.29. The Labute approximate surface area is 165 Å². The van der Waals surface area contributed by atoms with Crippen LogP contribution in [0.25, 0.3) is 10.2 Å². The number of nitrogens with zero attached hydrogens (tertiary/aromatic N) is 1. The quantitative estimate of drug-likeness (QED) is 0.512. The molecule has 27 heavy (non-hydrogen) atoms. The van der Waals surface area contributed by atoms with Gasteiger partial charge in [0.1, 0.15) is 17.2 Å². The lowest BCUT2D eigenvalue weighted by Gasteiger charge is -2.08. The maximum absolute atomic E-state index is 12.4. The van der Waals surface area contributed by atoms with E-state index in [1.807, 2.05) is 0 Å². The van der Waals surface area contributed by atoms with Crippen LogP contribution < -0.4 is 10.9 Å². The number of aryl methyl sites for hydroxylation is 2. The van der Waals surface area contributed by atoms with Crippen LogP contribution in [0, 0.1) is 0 Å². The summed E-state index contributed by atoms with van der Waals surface area (Å²) in [6.07, 6.45) is 3.22. The summed E-state index contributed by atoms with van der Waals surface area (Å²) >= 11 is 3.15. The highest BCUT2D eigenvalue weighted by molar-refractivity contribution is 7.98. The first kappa shape index (κ1) is 19.9. The number of hydrogen-bond acceptors (Lipinski definition) is 7. The van der Waals surface area contributed by atoms with Gasteiger partial charge >= 0.3 is 5.97 Å². The minimum absolute atomic E-state index is 0.0589. The van der Waals surface area contributed by atoms with E-state index in [1.165, 1.54) is 22.2 Å². The molecule has 0 saturated carbocycles. The van der Waals surface area contributed by atoms with Gasteiger partial charge in [-0.25, -0.2) is 4.98 Å². The summed E-state index contributed by atoms with van der Waals surface area (Å²) in [4.78, 5) is 45.1. The van der Waals surface area contributed by atoms with Crippen LogP contribution in [0.4, 0.5) is 0 Å². The van der Waals surface area contributed by atoms with E-state index in [1.54, 1.807) is 25.2 Å². The van der Waals surface area contributed by atoms with Gasteiger partial charge in [0.05, 0.1) is 17.2 Å². The zero-order valence-electron chi connectivity index (χ0n) is 15.4. The molecule has 1 aliphatic carbocycles. The van der Waals surface area contributed by atoms with Crippen LogP contribution in [0.5, 0.6) is 0 Å². The lowest BCUT2D eigenvalue weighted by Crippen LogP contribution is -2.31. The Kier molecular flexibility index (Phi) is 6.54. The van der Waals surface area contributed by atoms with E-state index < -0.39 is 5.97 Å². The molecule has 1 aliphatic rings. The van der Waals surface area contributed by atoms with Crippen molar-refractivity contribution < 1.29 is 14.3 Å². The molecule has 2 aromatic rings. The highest BCUT2D eigenvalue weighted by Gasteiger charge is 2.21. The van der Waals surface area contributed by atoms with Gasteiger partial charge in [-0.15, -0.1) is 11.3 Å². The van der Waals surface area contributed by atoms with Gasteiger partial charge in [0.25, 0.3) is 5.56 Å². The number of esters is 1. The molecule has 3 rings (SSSR count). The molecule has 0 radical (unpaired) electrons. The molecule has 0 fully saturated rings. The molecule has 0 spiro atoms. The van der Waals surface area contributed by atoms with Crippen molar-refractivity contribution in [3.8, 4) is 0 Å². The van der Waals surface area contributed by atoms with Crippen molar-refractivity contribution in [3.05, 3.63) is 26.6 Å². The molecule has 7 nitrogen and oxygen atoms in total. The first-order valence-electron chi connectivity index (χ1n) is 9.01. The third-order valence-electron chi connectivity index (χ3n) is 4.13. The van der Waals surface area contributed by atoms with Gasteiger partial charge in [0.2, 0.25) is 5.91 Å². The van der Waals surface area contributed by atoms with E-state index in [0.717, 1.165) is 29.5 Å². The Hall–Kier alpha value is -1.87. The second-order valence-corrected chi connectivity index (χ2v) is 8.86. The van der Waals surface area contributed by atoms with Crippen molar-refractivity contribution in [1.82, 2.24) is 15.3 Å². The van der Waals surface area contributed by atoms with E-state index in [4.69, 9.17) is 4.74 Å². The van der Waals surface area contributed by atoms with Crippen molar-refractivity contribution >= 4 is 45.2 Å². The number of amides is 1.